The minimum atomic E-state index is -0.366. The number of benzene rings is 1. The van der Waals surface area contributed by atoms with Gasteiger partial charge in [-0.1, -0.05) is 0 Å². The van der Waals surface area contributed by atoms with E-state index >= 15 is 0 Å². The van der Waals surface area contributed by atoms with Crippen LogP contribution in [0.3, 0.4) is 0 Å². The molecule has 0 aliphatic carbocycles. The molecule has 0 unspecified atom stereocenters. The Bertz CT molecular complexity index is 446. The first-order valence-corrected chi connectivity index (χ1v) is 5.65. The molecule has 0 aliphatic heterocycles. The highest BCUT2D eigenvalue weighted by Crippen LogP contribution is 2.09. The Morgan fingerprint density at radius 1 is 1.39 bits per heavy atom. The lowest BCUT2D eigenvalue weighted by molar-refractivity contribution is -0.140. The van der Waals surface area contributed by atoms with Crippen LogP contribution < -0.4 is 5.32 Å². The third-order valence-corrected chi connectivity index (χ3v) is 2.50. The molecule has 1 N–H and O–H groups in total. The molecule has 0 saturated heterocycles. The zero-order valence-electron chi connectivity index (χ0n) is 10.5. The van der Waals surface area contributed by atoms with Crippen molar-refractivity contribution >= 4 is 11.9 Å². The van der Waals surface area contributed by atoms with Crippen LogP contribution in [-0.2, 0) is 9.53 Å². The second-order valence-electron chi connectivity index (χ2n) is 3.89. The smallest absolute Gasteiger partial charge is 0.305 e. The van der Waals surface area contributed by atoms with Gasteiger partial charge in [0.15, 0.2) is 0 Å². The molecule has 1 amide bonds. The second-order valence-corrected chi connectivity index (χ2v) is 3.89. The zero-order chi connectivity index (χ0) is 13.5. The highest BCUT2D eigenvalue weighted by atomic mass is 19.1. The number of aryl methyl sites for hydroxylation is 1. The van der Waals surface area contributed by atoms with Crippen LogP contribution in [0.4, 0.5) is 4.39 Å². The topological polar surface area (TPSA) is 55.4 Å². The van der Waals surface area contributed by atoms with Crippen molar-refractivity contribution in [2.75, 3.05) is 13.7 Å². The molecule has 0 bridgehead atoms. The minimum absolute atomic E-state index is 0.263. The standard InChI is InChI=1S/C13H16FNO3/c1-9-8-10(14)5-6-11(9)13(17)15-7-3-4-12(16)18-2/h5-6,8H,3-4,7H2,1-2H3,(H,15,17). The molecule has 0 aliphatic rings. The van der Waals surface area contributed by atoms with Crippen molar-refractivity contribution in [2.45, 2.75) is 19.8 Å². The van der Waals surface area contributed by atoms with Crippen LogP contribution in [-0.4, -0.2) is 25.5 Å². The van der Waals surface area contributed by atoms with Gasteiger partial charge >= 0.3 is 5.97 Å². The van der Waals surface area contributed by atoms with E-state index in [9.17, 15) is 14.0 Å². The van der Waals surface area contributed by atoms with E-state index in [0.29, 0.717) is 24.1 Å². The number of amides is 1. The van der Waals surface area contributed by atoms with Crippen molar-refractivity contribution in [3.8, 4) is 0 Å². The van der Waals surface area contributed by atoms with Crippen LogP contribution in [0.25, 0.3) is 0 Å². The molecule has 0 aromatic heterocycles. The van der Waals surface area contributed by atoms with Crippen LogP contribution in [0.5, 0.6) is 0 Å². The summed E-state index contributed by atoms with van der Waals surface area (Å²) in [6.45, 7) is 2.05. The Balaban J connectivity index is 2.43. The van der Waals surface area contributed by atoms with E-state index in [-0.39, 0.29) is 24.1 Å². The van der Waals surface area contributed by atoms with E-state index in [0.717, 1.165) is 0 Å². The maximum atomic E-state index is 12.9. The summed E-state index contributed by atoms with van der Waals surface area (Å²) in [5, 5.41) is 2.67. The molecule has 0 spiro atoms. The SMILES string of the molecule is COC(=O)CCCNC(=O)c1ccc(F)cc1C. The van der Waals surface area contributed by atoms with Crippen LogP contribution >= 0.6 is 0 Å². The van der Waals surface area contributed by atoms with E-state index in [1.54, 1.807) is 6.92 Å². The predicted octanol–water partition coefficient (Wildman–Crippen LogP) is 1.82. The maximum Gasteiger partial charge on any atom is 0.305 e. The number of hydrogen-bond donors (Lipinski definition) is 1. The number of hydrogen-bond acceptors (Lipinski definition) is 3. The Morgan fingerprint density at radius 2 is 2.11 bits per heavy atom. The molecule has 4 nitrogen and oxygen atoms in total. The van der Waals surface area contributed by atoms with Crippen molar-refractivity contribution in [1.29, 1.82) is 0 Å². The molecule has 0 saturated carbocycles. The second kappa shape index (κ2) is 6.74. The van der Waals surface area contributed by atoms with E-state index in [2.05, 4.69) is 10.1 Å². The van der Waals surface area contributed by atoms with Gasteiger partial charge in [-0.15, -0.1) is 0 Å². The van der Waals surface area contributed by atoms with Crippen LogP contribution in [0.1, 0.15) is 28.8 Å². The molecule has 1 rings (SSSR count). The average molecular weight is 253 g/mol. The first-order valence-electron chi connectivity index (χ1n) is 5.65. The molecular formula is C13H16FNO3. The molecule has 1 aromatic carbocycles. The van der Waals surface area contributed by atoms with Gasteiger partial charge < -0.3 is 10.1 Å². The molecule has 0 fully saturated rings. The number of esters is 1. The summed E-state index contributed by atoms with van der Waals surface area (Å²) in [7, 11) is 1.32. The van der Waals surface area contributed by atoms with Crippen molar-refractivity contribution in [2.24, 2.45) is 0 Å². The van der Waals surface area contributed by atoms with E-state index in [4.69, 9.17) is 0 Å². The number of rotatable bonds is 5. The molecule has 5 heteroatoms. The summed E-state index contributed by atoms with van der Waals surface area (Å²) in [5.41, 5.74) is 1.02. The monoisotopic (exact) mass is 253 g/mol. The molecule has 1 aromatic rings. The van der Waals surface area contributed by atoms with Gasteiger partial charge in [0.05, 0.1) is 7.11 Å². The molecule has 98 valence electrons. The first kappa shape index (κ1) is 14.2. The molecule has 18 heavy (non-hydrogen) atoms. The van der Waals surface area contributed by atoms with E-state index < -0.39 is 0 Å². The summed E-state index contributed by atoms with van der Waals surface area (Å²) >= 11 is 0. The van der Waals surface area contributed by atoms with Gasteiger partial charge in [-0.3, -0.25) is 9.59 Å². The Morgan fingerprint density at radius 3 is 2.72 bits per heavy atom. The number of methoxy groups -OCH3 is 1. The van der Waals surface area contributed by atoms with Crippen molar-refractivity contribution in [3.63, 3.8) is 0 Å². The van der Waals surface area contributed by atoms with E-state index in [1.165, 1.54) is 25.3 Å². The minimum Gasteiger partial charge on any atom is -0.469 e. The lowest BCUT2D eigenvalue weighted by atomic mass is 10.1. The number of nitrogens with one attached hydrogen (secondary N) is 1. The highest BCUT2D eigenvalue weighted by Gasteiger charge is 2.09. The average Bonchev–Trinajstić information content (AvgIpc) is 2.34. The summed E-state index contributed by atoms with van der Waals surface area (Å²) in [6, 6.07) is 4.00. The van der Waals surface area contributed by atoms with Gasteiger partial charge in [0.25, 0.3) is 5.91 Å². The fraction of sp³-hybridized carbons (Fsp3) is 0.385. The van der Waals surface area contributed by atoms with Crippen LogP contribution in [0, 0.1) is 12.7 Å². The zero-order valence-corrected chi connectivity index (χ0v) is 10.5. The largest absolute Gasteiger partial charge is 0.469 e. The van der Waals surface area contributed by atoms with Gasteiger partial charge in [-0.25, -0.2) is 4.39 Å². The first-order chi connectivity index (χ1) is 8.54. The lowest BCUT2D eigenvalue weighted by Gasteiger charge is -2.07. The van der Waals surface area contributed by atoms with Gasteiger partial charge in [0, 0.05) is 18.5 Å². The van der Waals surface area contributed by atoms with Gasteiger partial charge in [0.1, 0.15) is 5.82 Å². The maximum absolute atomic E-state index is 12.9. The fourth-order valence-electron chi connectivity index (χ4n) is 1.51. The number of carbonyl (C=O) groups is 2. The third kappa shape index (κ3) is 4.16. The van der Waals surface area contributed by atoms with Gasteiger partial charge in [0.2, 0.25) is 0 Å². The Hall–Kier alpha value is -1.91. The number of halogens is 1. The van der Waals surface area contributed by atoms with Gasteiger partial charge in [-0.05, 0) is 37.1 Å². The van der Waals surface area contributed by atoms with Gasteiger partial charge in [-0.2, -0.15) is 0 Å². The lowest BCUT2D eigenvalue weighted by Crippen LogP contribution is -2.25. The summed E-state index contributed by atoms with van der Waals surface area (Å²) in [6.07, 6.45) is 0.776. The van der Waals surface area contributed by atoms with Crippen molar-refractivity contribution < 1.29 is 18.7 Å². The van der Waals surface area contributed by atoms with Crippen molar-refractivity contribution in [3.05, 3.63) is 35.1 Å². The number of carbonyl (C=O) groups excluding carboxylic acids is 2. The summed E-state index contributed by atoms with van der Waals surface area (Å²) in [4.78, 5) is 22.6. The summed E-state index contributed by atoms with van der Waals surface area (Å²) in [5.74, 6) is -0.936. The Kier molecular flexibility index (Phi) is 5.30. The fourth-order valence-corrected chi connectivity index (χ4v) is 1.51. The quantitative estimate of drug-likeness (QED) is 0.643. The summed E-state index contributed by atoms with van der Waals surface area (Å²) < 4.78 is 17.3. The van der Waals surface area contributed by atoms with E-state index in [1.807, 2.05) is 0 Å². The molecule has 0 atom stereocenters. The predicted molar refractivity (Wildman–Crippen MR) is 64.7 cm³/mol. The normalized spacial score (nSPS) is 9.94. The third-order valence-electron chi connectivity index (χ3n) is 2.50. The number of ether oxygens (including phenoxy) is 1. The van der Waals surface area contributed by atoms with Crippen LogP contribution in [0.2, 0.25) is 0 Å². The molecule has 0 radical (unpaired) electrons. The highest BCUT2D eigenvalue weighted by molar-refractivity contribution is 5.95. The Labute approximate surface area is 105 Å². The van der Waals surface area contributed by atoms with Crippen molar-refractivity contribution in [1.82, 2.24) is 5.32 Å². The van der Waals surface area contributed by atoms with Crippen LogP contribution in [0.15, 0.2) is 18.2 Å². The molecular weight excluding hydrogens is 237 g/mol. The molecule has 0 heterocycles.